The number of fused-ring (bicyclic) bond motifs is 1. The number of hydrogen-bond acceptors (Lipinski definition) is 3. The lowest BCUT2D eigenvalue weighted by Crippen LogP contribution is -2.01. The first-order valence-electron chi connectivity index (χ1n) is 6.16. The third-order valence-corrected chi connectivity index (χ3v) is 2.91. The first kappa shape index (κ1) is 12.6. The fraction of sp³-hybridized carbons (Fsp3) is 0.333. The maximum atomic E-state index is 10.1. The molecule has 0 radical (unpaired) electrons. The van der Waals surface area contributed by atoms with Crippen molar-refractivity contribution in [2.45, 2.75) is 20.3 Å². The summed E-state index contributed by atoms with van der Waals surface area (Å²) in [5.74, 6) is 1.10. The number of phenols is 2. The Kier molecular flexibility index (Phi) is 3.60. The highest BCUT2D eigenvalue weighted by molar-refractivity contribution is 5.95. The largest absolute Gasteiger partial charge is 0.507 e. The Morgan fingerprint density at radius 3 is 2.44 bits per heavy atom. The molecule has 0 fully saturated rings. The Morgan fingerprint density at radius 2 is 1.78 bits per heavy atom. The summed E-state index contributed by atoms with van der Waals surface area (Å²) < 4.78 is 5.53. The smallest absolute Gasteiger partial charge is 0.165 e. The van der Waals surface area contributed by atoms with Gasteiger partial charge in [0.05, 0.1) is 6.61 Å². The summed E-state index contributed by atoms with van der Waals surface area (Å²) in [6, 6.07) is 8.64. The van der Waals surface area contributed by atoms with Crippen LogP contribution >= 0.6 is 0 Å². The molecule has 0 aliphatic carbocycles. The van der Waals surface area contributed by atoms with Crippen LogP contribution in [-0.2, 0) is 0 Å². The van der Waals surface area contributed by atoms with Crippen molar-refractivity contribution in [3.05, 3.63) is 30.3 Å². The number of benzene rings is 2. The third kappa shape index (κ3) is 2.50. The maximum Gasteiger partial charge on any atom is 0.165 e. The summed E-state index contributed by atoms with van der Waals surface area (Å²) in [6.45, 7) is 4.76. The van der Waals surface area contributed by atoms with Gasteiger partial charge in [-0.3, -0.25) is 0 Å². The molecule has 3 heteroatoms. The number of hydrogen-bond donors (Lipinski definition) is 2. The first-order chi connectivity index (χ1) is 8.59. The van der Waals surface area contributed by atoms with Crippen molar-refractivity contribution >= 4 is 10.8 Å². The second-order valence-corrected chi connectivity index (χ2v) is 4.82. The Bertz CT molecular complexity index is 547. The molecular weight excluding hydrogens is 228 g/mol. The average molecular weight is 246 g/mol. The van der Waals surface area contributed by atoms with Crippen LogP contribution in [-0.4, -0.2) is 16.8 Å². The van der Waals surface area contributed by atoms with Crippen molar-refractivity contribution in [1.29, 1.82) is 0 Å². The zero-order valence-electron chi connectivity index (χ0n) is 10.7. The lowest BCUT2D eigenvalue weighted by atomic mass is 10.1. The molecule has 2 N–H and O–H groups in total. The second-order valence-electron chi connectivity index (χ2n) is 4.82. The van der Waals surface area contributed by atoms with Crippen molar-refractivity contribution in [2.75, 3.05) is 6.61 Å². The molecule has 0 aliphatic heterocycles. The van der Waals surface area contributed by atoms with Crippen LogP contribution in [0.2, 0.25) is 0 Å². The van der Waals surface area contributed by atoms with Crippen molar-refractivity contribution in [3.8, 4) is 17.2 Å². The SMILES string of the molecule is CC(C)CCOc1cc(O)c2ccccc2c1O. The van der Waals surface area contributed by atoms with Crippen molar-refractivity contribution in [2.24, 2.45) is 5.92 Å². The fourth-order valence-corrected chi connectivity index (χ4v) is 1.83. The van der Waals surface area contributed by atoms with Crippen LogP contribution in [0, 0.1) is 5.92 Å². The molecule has 0 spiro atoms. The lowest BCUT2D eigenvalue weighted by Gasteiger charge is -2.12. The molecule has 0 atom stereocenters. The highest BCUT2D eigenvalue weighted by Crippen LogP contribution is 2.40. The second kappa shape index (κ2) is 5.17. The first-order valence-corrected chi connectivity index (χ1v) is 6.16. The van der Waals surface area contributed by atoms with Crippen LogP contribution in [0.25, 0.3) is 10.8 Å². The Hall–Kier alpha value is -1.90. The van der Waals surface area contributed by atoms with Crippen LogP contribution in [0.1, 0.15) is 20.3 Å². The molecule has 0 amide bonds. The molecule has 2 aromatic rings. The lowest BCUT2D eigenvalue weighted by molar-refractivity contribution is 0.276. The van der Waals surface area contributed by atoms with Gasteiger partial charge in [0.2, 0.25) is 0 Å². The predicted octanol–water partition coefficient (Wildman–Crippen LogP) is 3.68. The number of phenolic OH excluding ortho intramolecular Hbond substituents is 2. The topological polar surface area (TPSA) is 49.7 Å². The summed E-state index contributed by atoms with van der Waals surface area (Å²) in [4.78, 5) is 0. The van der Waals surface area contributed by atoms with E-state index >= 15 is 0 Å². The Labute approximate surface area is 107 Å². The number of ether oxygens (including phenoxy) is 1. The van der Waals surface area contributed by atoms with Crippen molar-refractivity contribution in [3.63, 3.8) is 0 Å². The van der Waals surface area contributed by atoms with Gasteiger partial charge in [0.25, 0.3) is 0 Å². The summed E-state index contributed by atoms with van der Waals surface area (Å²) in [5, 5.41) is 21.2. The average Bonchev–Trinajstić information content (AvgIpc) is 2.35. The van der Waals surface area contributed by atoms with E-state index in [1.807, 2.05) is 12.1 Å². The van der Waals surface area contributed by atoms with Gasteiger partial charge in [0.15, 0.2) is 11.5 Å². The molecule has 2 aromatic carbocycles. The van der Waals surface area contributed by atoms with E-state index in [0.29, 0.717) is 29.0 Å². The predicted molar refractivity (Wildman–Crippen MR) is 72.2 cm³/mol. The molecule has 0 aromatic heterocycles. The zero-order chi connectivity index (χ0) is 13.1. The van der Waals surface area contributed by atoms with Gasteiger partial charge >= 0.3 is 0 Å². The van der Waals surface area contributed by atoms with E-state index in [1.54, 1.807) is 12.1 Å². The number of rotatable bonds is 4. The van der Waals surface area contributed by atoms with E-state index in [4.69, 9.17) is 4.74 Å². The summed E-state index contributed by atoms with van der Waals surface area (Å²) >= 11 is 0. The summed E-state index contributed by atoms with van der Waals surface area (Å²) in [6.07, 6.45) is 0.910. The zero-order valence-corrected chi connectivity index (χ0v) is 10.7. The summed E-state index contributed by atoms with van der Waals surface area (Å²) in [5.41, 5.74) is 0. The number of aromatic hydroxyl groups is 2. The van der Waals surface area contributed by atoms with E-state index in [2.05, 4.69) is 13.8 Å². The third-order valence-electron chi connectivity index (χ3n) is 2.91. The minimum absolute atomic E-state index is 0.0900. The quantitative estimate of drug-likeness (QED) is 0.809. The molecule has 0 unspecified atom stereocenters. The van der Waals surface area contributed by atoms with Gasteiger partial charge in [-0.1, -0.05) is 38.1 Å². The molecule has 2 rings (SSSR count). The highest BCUT2D eigenvalue weighted by atomic mass is 16.5. The molecule has 0 saturated heterocycles. The van der Waals surface area contributed by atoms with Crippen molar-refractivity contribution < 1.29 is 14.9 Å². The van der Waals surface area contributed by atoms with Crippen LogP contribution < -0.4 is 4.74 Å². The molecular formula is C15H18O3. The van der Waals surface area contributed by atoms with Crippen molar-refractivity contribution in [1.82, 2.24) is 0 Å². The Balaban J connectivity index is 2.31. The van der Waals surface area contributed by atoms with Crippen LogP contribution in [0.5, 0.6) is 17.2 Å². The molecule has 96 valence electrons. The molecule has 0 bridgehead atoms. The molecule has 3 nitrogen and oxygen atoms in total. The van der Waals surface area contributed by atoms with Crippen LogP contribution in [0.3, 0.4) is 0 Å². The fourth-order valence-electron chi connectivity index (χ4n) is 1.83. The minimum Gasteiger partial charge on any atom is -0.507 e. The molecule has 0 aliphatic rings. The Morgan fingerprint density at radius 1 is 1.11 bits per heavy atom. The van der Waals surface area contributed by atoms with Gasteiger partial charge in [0, 0.05) is 16.8 Å². The maximum absolute atomic E-state index is 10.1. The van der Waals surface area contributed by atoms with Gasteiger partial charge in [-0.2, -0.15) is 0 Å². The monoisotopic (exact) mass is 246 g/mol. The van der Waals surface area contributed by atoms with Gasteiger partial charge in [0.1, 0.15) is 5.75 Å². The van der Waals surface area contributed by atoms with Gasteiger partial charge < -0.3 is 14.9 Å². The molecule has 18 heavy (non-hydrogen) atoms. The minimum atomic E-state index is 0.0900. The van der Waals surface area contributed by atoms with Gasteiger partial charge in [-0.05, 0) is 12.3 Å². The van der Waals surface area contributed by atoms with E-state index in [0.717, 1.165) is 6.42 Å². The standard InChI is InChI=1S/C15H18O3/c1-10(2)7-8-18-14-9-13(16)11-5-3-4-6-12(11)15(14)17/h3-6,9-10,16-17H,7-8H2,1-2H3. The van der Waals surface area contributed by atoms with Gasteiger partial charge in [-0.15, -0.1) is 0 Å². The van der Waals surface area contributed by atoms with Crippen LogP contribution in [0.4, 0.5) is 0 Å². The van der Waals surface area contributed by atoms with Gasteiger partial charge in [-0.25, -0.2) is 0 Å². The molecule has 0 heterocycles. The normalized spacial score (nSPS) is 11.1. The highest BCUT2D eigenvalue weighted by Gasteiger charge is 2.11. The van der Waals surface area contributed by atoms with Crippen LogP contribution in [0.15, 0.2) is 30.3 Å². The molecule has 0 saturated carbocycles. The van der Waals surface area contributed by atoms with E-state index in [-0.39, 0.29) is 11.5 Å². The van der Waals surface area contributed by atoms with E-state index in [9.17, 15) is 10.2 Å². The van der Waals surface area contributed by atoms with E-state index in [1.165, 1.54) is 6.07 Å². The summed E-state index contributed by atoms with van der Waals surface area (Å²) in [7, 11) is 0. The van der Waals surface area contributed by atoms with E-state index < -0.39 is 0 Å².